The summed E-state index contributed by atoms with van der Waals surface area (Å²) in [7, 11) is -1.92. The van der Waals surface area contributed by atoms with E-state index in [0.29, 0.717) is 24.1 Å². The molecule has 0 saturated carbocycles. The largest absolute Gasteiger partial charge is 0.326 e. The van der Waals surface area contributed by atoms with E-state index in [-0.39, 0.29) is 16.9 Å². The molecule has 22 heavy (non-hydrogen) atoms. The van der Waals surface area contributed by atoms with Gasteiger partial charge in [-0.25, -0.2) is 8.42 Å². The summed E-state index contributed by atoms with van der Waals surface area (Å²) in [5, 5.41) is 8.36. The lowest BCUT2D eigenvalue weighted by Gasteiger charge is -2.16. The fraction of sp³-hybridized carbons (Fsp3) is 0.571. The van der Waals surface area contributed by atoms with Gasteiger partial charge in [0.2, 0.25) is 10.0 Å². The number of aryl methyl sites for hydroxylation is 1. The van der Waals surface area contributed by atoms with Crippen molar-refractivity contribution in [3.8, 4) is 0 Å². The summed E-state index contributed by atoms with van der Waals surface area (Å²) < 4.78 is 27.4. The predicted molar refractivity (Wildman–Crippen MR) is 83.6 cm³/mol. The summed E-state index contributed by atoms with van der Waals surface area (Å²) >= 11 is 0. The molecular formula is C14H21N5O2S. The van der Waals surface area contributed by atoms with Gasteiger partial charge in [-0.1, -0.05) is 19.4 Å². The third-order valence-corrected chi connectivity index (χ3v) is 6.07. The van der Waals surface area contributed by atoms with Gasteiger partial charge in [0.25, 0.3) is 0 Å². The lowest BCUT2D eigenvalue weighted by molar-refractivity contribution is 0.439. The number of nitrogens with zero attached hydrogens (tertiary/aromatic N) is 4. The predicted octanol–water partition coefficient (Wildman–Crippen LogP) is 0.716. The van der Waals surface area contributed by atoms with E-state index in [0.717, 1.165) is 12.8 Å². The fourth-order valence-corrected chi connectivity index (χ4v) is 4.76. The van der Waals surface area contributed by atoms with Gasteiger partial charge >= 0.3 is 0 Å². The number of rotatable bonds is 4. The van der Waals surface area contributed by atoms with Crippen LogP contribution in [0.3, 0.4) is 0 Å². The zero-order chi connectivity index (χ0) is 15.9. The Labute approximate surface area is 130 Å². The summed E-state index contributed by atoms with van der Waals surface area (Å²) in [5.74, 6) is 0.223. The SMILES string of the molecule is CCC[C@@H]1CN(S(=O)(=O)c2cccc3nn(C)nc23)C[C@H]1N. The smallest absolute Gasteiger partial charge is 0.245 e. The van der Waals surface area contributed by atoms with Gasteiger partial charge < -0.3 is 5.73 Å². The van der Waals surface area contributed by atoms with Crippen LogP contribution < -0.4 is 5.73 Å². The van der Waals surface area contributed by atoms with E-state index in [2.05, 4.69) is 17.1 Å². The molecule has 8 heteroatoms. The zero-order valence-corrected chi connectivity index (χ0v) is 13.6. The highest BCUT2D eigenvalue weighted by molar-refractivity contribution is 7.89. The van der Waals surface area contributed by atoms with Gasteiger partial charge in [-0.2, -0.15) is 19.3 Å². The molecule has 0 amide bonds. The normalized spacial score (nSPS) is 23.4. The summed E-state index contributed by atoms with van der Waals surface area (Å²) in [6.07, 6.45) is 1.95. The molecule has 1 aromatic heterocycles. The third kappa shape index (κ3) is 2.51. The van der Waals surface area contributed by atoms with Crippen molar-refractivity contribution in [2.45, 2.75) is 30.7 Å². The minimum Gasteiger partial charge on any atom is -0.326 e. The monoisotopic (exact) mass is 323 g/mol. The number of hydrogen-bond acceptors (Lipinski definition) is 5. The van der Waals surface area contributed by atoms with Crippen molar-refractivity contribution in [3.63, 3.8) is 0 Å². The van der Waals surface area contributed by atoms with Crippen LogP contribution in [0.2, 0.25) is 0 Å². The molecule has 0 unspecified atom stereocenters. The molecule has 2 N–H and O–H groups in total. The molecule has 2 aromatic rings. The molecule has 0 aliphatic carbocycles. The van der Waals surface area contributed by atoms with Gasteiger partial charge in [0.15, 0.2) is 0 Å². The molecule has 2 atom stereocenters. The number of fused-ring (bicyclic) bond motifs is 1. The van der Waals surface area contributed by atoms with E-state index in [1.165, 1.54) is 9.10 Å². The topological polar surface area (TPSA) is 94.1 Å². The van der Waals surface area contributed by atoms with Crippen molar-refractivity contribution in [1.82, 2.24) is 19.3 Å². The molecule has 1 aliphatic rings. The third-order valence-electron chi connectivity index (χ3n) is 4.21. The Balaban J connectivity index is 1.99. The molecule has 0 radical (unpaired) electrons. The van der Waals surface area contributed by atoms with Crippen molar-refractivity contribution in [2.75, 3.05) is 13.1 Å². The molecular weight excluding hydrogens is 302 g/mol. The molecule has 1 aliphatic heterocycles. The van der Waals surface area contributed by atoms with Crippen LogP contribution in [-0.4, -0.2) is 46.8 Å². The molecule has 7 nitrogen and oxygen atoms in total. The quantitative estimate of drug-likeness (QED) is 0.894. The molecule has 1 fully saturated rings. The average Bonchev–Trinajstić information content (AvgIpc) is 3.01. The number of aromatic nitrogens is 3. The molecule has 3 rings (SSSR count). The van der Waals surface area contributed by atoms with Crippen LogP contribution >= 0.6 is 0 Å². The van der Waals surface area contributed by atoms with Crippen molar-refractivity contribution >= 4 is 21.1 Å². The second-order valence-electron chi connectivity index (χ2n) is 5.85. The molecule has 0 bridgehead atoms. The second kappa shape index (κ2) is 5.60. The number of benzene rings is 1. The number of hydrogen-bond donors (Lipinski definition) is 1. The van der Waals surface area contributed by atoms with Crippen molar-refractivity contribution in [3.05, 3.63) is 18.2 Å². The van der Waals surface area contributed by atoms with Gasteiger partial charge in [-0.3, -0.25) is 0 Å². The van der Waals surface area contributed by atoms with Gasteiger partial charge in [0, 0.05) is 26.2 Å². The molecule has 1 aromatic carbocycles. The van der Waals surface area contributed by atoms with Crippen LogP contribution in [0.15, 0.2) is 23.1 Å². The van der Waals surface area contributed by atoms with Crippen LogP contribution in [0.25, 0.3) is 11.0 Å². The van der Waals surface area contributed by atoms with Gasteiger partial charge in [-0.15, -0.1) is 0 Å². The lowest BCUT2D eigenvalue weighted by Crippen LogP contribution is -2.32. The van der Waals surface area contributed by atoms with Crippen molar-refractivity contribution in [2.24, 2.45) is 18.7 Å². The van der Waals surface area contributed by atoms with Gasteiger partial charge in [0.1, 0.15) is 15.9 Å². The molecule has 2 heterocycles. The highest BCUT2D eigenvalue weighted by Gasteiger charge is 2.38. The van der Waals surface area contributed by atoms with Crippen LogP contribution in [-0.2, 0) is 17.1 Å². The highest BCUT2D eigenvalue weighted by atomic mass is 32.2. The summed E-state index contributed by atoms with van der Waals surface area (Å²) in [5.41, 5.74) is 7.10. The Morgan fingerprint density at radius 2 is 2.09 bits per heavy atom. The van der Waals surface area contributed by atoms with E-state index < -0.39 is 10.0 Å². The zero-order valence-electron chi connectivity index (χ0n) is 12.8. The summed E-state index contributed by atoms with van der Waals surface area (Å²) in [6.45, 7) is 2.93. The second-order valence-corrected chi connectivity index (χ2v) is 7.75. The van der Waals surface area contributed by atoms with E-state index in [1.807, 2.05) is 0 Å². The summed E-state index contributed by atoms with van der Waals surface area (Å²) in [6, 6.07) is 4.95. The first kappa shape index (κ1) is 15.4. The molecule has 0 spiro atoms. The van der Waals surface area contributed by atoms with E-state index in [1.54, 1.807) is 25.2 Å². The van der Waals surface area contributed by atoms with Crippen molar-refractivity contribution in [1.29, 1.82) is 0 Å². The average molecular weight is 323 g/mol. The Morgan fingerprint density at radius 3 is 2.82 bits per heavy atom. The maximum Gasteiger partial charge on any atom is 0.245 e. The standard InChI is InChI=1S/C14H21N5O2S/c1-3-5-10-8-19(9-11(10)15)22(20,21)13-7-4-6-12-14(13)17-18(2)16-12/h4,6-7,10-11H,3,5,8-9,15H2,1-2H3/t10-,11-/m1/s1. The number of nitrogens with two attached hydrogens (primary N) is 1. The Bertz CT molecular complexity index is 786. The van der Waals surface area contributed by atoms with Gasteiger partial charge in [0.05, 0.1) is 0 Å². The maximum atomic E-state index is 12.9. The van der Waals surface area contributed by atoms with E-state index >= 15 is 0 Å². The fourth-order valence-electron chi connectivity index (χ4n) is 3.09. The first-order valence-electron chi connectivity index (χ1n) is 7.49. The Morgan fingerprint density at radius 1 is 1.32 bits per heavy atom. The van der Waals surface area contributed by atoms with Crippen LogP contribution in [0.1, 0.15) is 19.8 Å². The first-order chi connectivity index (χ1) is 10.4. The van der Waals surface area contributed by atoms with Gasteiger partial charge in [-0.05, 0) is 24.5 Å². The van der Waals surface area contributed by atoms with Crippen molar-refractivity contribution < 1.29 is 8.42 Å². The summed E-state index contributed by atoms with van der Waals surface area (Å²) in [4.78, 5) is 1.60. The van der Waals surface area contributed by atoms with E-state index in [4.69, 9.17) is 5.73 Å². The minimum absolute atomic E-state index is 0.101. The Kier molecular flexibility index (Phi) is 3.92. The highest BCUT2D eigenvalue weighted by Crippen LogP contribution is 2.29. The first-order valence-corrected chi connectivity index (χ1v) is 8.93. The minimum atomic E-state index is -3.60. The van der Waals surface area contributed by atoms with Crippen LogP contribution in [0.5, 0.6) is 0 Å². The van der Waals surface area contributed by atoms with Crippen LogP contribution in [0, 0.1) is 5.92 Å². The lowest BCUT2D eigenvalue weighted by atomic mass is 9.99. The van der Waals surface area contributed by atoms with Crippen LogP contribution in [0.4, 0.5) is 0 Å². The molecule has 120 valence electrons. The maximum absolute atomic E-state index is 12.9. The number of sulfonamides is 1. The van der Waals surface area contributed by atoms with E-state index in [9.17, 15) is 8.42 Å². The molecule has 1 saturated heterocycles. The Hall–Kier alpha value is -1.51.